The number of unbranched alkanes of at least 4 members (excludes halogenated alkanes) is 23. The zero-order valence-corrected chi connectivity index (χ0v) is 36.5. The first kappa shape index (κ1) is 47.9. The van der Waals surface area contributed by atoms with Crippen molar-refractivity contribution in [3.8, 4) is 0 Å². The molecule has 0 fully saturated rings. The summed E-state index contributed by atoms with van der Waals surface area (Å²) in [6.07, 6.45) is 43.9. The van der Waals surface area contributed by atoms with E-state index in [4.69, 9.17) is 0 Å². The second kappa shape index (κ2) is 30.9. The molecule has 0 spiro atoms. The van der Waals surface area contributed by atoms with Crippen molar-refractivity contribution in [2.75, 3.05) is 0 Å². The van der Waals surface area contributed by atoms with Crippen molar-refractivity contribution in [2.24, 2.45) is 0 Å². The van der Waals surface area contributed by atoms with E-state index in [2.05, 4.69) is 88.4 Å². The van der Waals surface area contributed by atoms with Gasteiger partial charge < -0.3 is 5.53 Å². The number of hydrogen-bond acceptors (Lipinski definition) is 0. The minimum atomic E-state index is 0. The van der Waals surface area contributed by atoms with E-state index in [1.54, 1.807) is 0 Å². The predicted octanol–water partition coefficient (Wildman–Crippen LogP) is 17.1. The van der Waals surface area contributed by atoms with Crippen molar-refractivity contribution in [1.29, 1.82) is 0 Å². The fourth-order valence-corrected chi connectivity index (χ4v) is 8.33. The summed E-state index contributed by atoms with van der Waals surface area (Å²) in [5, 5.41) is 0. The molecule has 0 amide bonds. The van der Waals surface area contributed by atoms with E-state index in [1.807, 2.05) is 0 Å². The molecule has 0 saturated carbocycles. The maximum absolute atomic E-state index is 11.7. The minimum Gasteiger partial charge on any atom is -0.493 e. The third-order valence-electron chi connectivity index (χ3n) is 11.6. The molecular weight excluding hydrogens is 699 g/mol. The largest absolute Gasteiger partial charge is 0.493 e. The van der Waals surface area contributed by atoms with Crippen molar-refractivity contribution >= 4 is 11.4 Å². The SMILES string of the molecule is CCCCCCCCCCCCCCCCCCCCCCCC=CCCCc1ccccc1C1=C(CC)C(C)=C(c2cccc(CCCC)c2)[N+]1=[N-].[Ni]. The Kier molecular flexibility index (Phi) is 27.4. The van der Waals surface area contributed by atoms with Crippen LogP contribution >= 0.6 is 0 Å². The van der Waals surface area contributed by atoms with Crippen molar-refractivity contribution in [1.82, 2.24) is 0 Å². The summed E-state index contributed by atoms with van der Waals surface area (Å²) in [5.74, 6) is 0. The number of rotatable bonds is 32. The minimum absolute atomic E-state index is 0. The molecule has 0 aliphatic carbocycles. The zero-order chi connectivity index (χ0) is 37.8. The average molecular weight is 780 g/mol. The maximum Gasteiger partial charge on any atom is 0.211 e. The molecule has 2 aromatic carbocycles. The molecule has 0 saturated heterocycles. The molecule has 2 aromatic rings. The standard InChI is InChI=1S/C51H80N2.Ni/c1-5-8-10-11-12-13-14-15-16-17-18-19-20-21-22-23-24-25-26-27-28-29-30-31-32-33-39-46-40-34-35-42-49(46)51-48(7-3)44(4)50(53(51)52)47-41-36-38-45(43-47)37-9-6-2;/h30-31,34-36,38,40-43H,5-29,32-33,37,39H2,1-4H3;. The quantitative estimate of drug-likeness (QED) is 0.0306. The van der Waals surface area contributed by atoms with E-state index in [0.717, 1.165) is 49.1 Å². The van der Waals surface area contributed by atoms with Crippen molar-refractivity contribution in [3.63, 3.8) is 0 Å². The van der Waals surface area contributed by atoms with Crippen LogP contribution in [0.15, 0.2) is 71.8 Å². The first-order chi connectivity index (χ1) is 26.1. The molecule has 1 heterocycles. The van der Waals surface area contributed by atoms with Crippen LogP contribution in [0.25, 0.3) is 16.9 Å². The van der Waals surface area contributed by atoms with Crippen LogP contribution in [-0.4, -0.2) is 4.70 Å². The monoisotopic (exact) mass is 779 g/mol. The molecule has 304 valence electrons. The van der Waals surface area contributed by atoms with Gasteiger partial charge in [0.25, 0.3) is 0 Å². The summed E-state index contributed by atoms with van der Waals surface area (Å²) < 4.78 is 1.49. The Morgan fingerprint density at radius 1 is 0.519 bits per heavy atom. The van der Waals surface area contributed by atoms with Crippen molar-refractivity contribution < 1.29 is 21.2 Å². The number of hydrogen-bond donors (Lipinski definition) is 0. The summed E-state index contributed by atoms with van der Waals surface area (Å²) in [5.41, 5.74) is 21.0. The molecule has 3 heteroatoms. The normalized spacial score (nSPS) is 13.1. The molecule has 0 atom stereocenters. The first-order valence-corrected chi connectivity index (χ1v) is 22.9. The van der Waals surface area contributed by atoms with Crippen molar-refractivity contribution in [3.05, 3.63) is 99.6 Å². The van der Waals surface area contributed by atoms with Gasteiger partial charge >= 0.3 is 0 Å². The Hall–Kier alpha value is -2.25. The smallest absolute Gasteiger partial charge is 0.211 e. The van der Waals surface area contributed by atoms with Crippen molar-refractivity contribution in [2.45, 2.75) is 214 Å². The van der Waals surface area contributed by atoms with Crippen LogP contribution in [0.4, 0.5) is 0 Å². The van der Waals surface area contributed by atoms with Gasteiger partial charge in [-0.15, -0.1) is 0 Å². The van der Waals surface area contributed by atoms with E-state index < -0.39 is 0 Å². The number of allylic oxidation sites excluding steroid dienone is 4. The molecular formula is C51H80N2Ni. The molecule has 3 rings (SSSR count). The van der Waals surface area contributed by atoms with Crippen LogP contribution in [-0.2, 0) is 29.3 Å². The average Bonchev–Trinajstić information content (AvgIpc) is 3.43. The molecule has 54 heavy (non-hydrogen) atoms. The molecule has 1 aliphatic rings. The second-order valence-corrected chi connectivity index (χ2v) is 16.2. The summed E-state index contributed by atoms with van der Waals surface area (Å²) in [6.45, 7) is 8.93. The van der Waals surface area contributed by atoms with Gasteiger partial charge in [-0.2, -0.15) is 0 Å². The molecule has 0 N–H and O–H groups in total. The fraction of sp³-hybridized carbons (Fsp3) is 0.647. The van der Waals surface area contributed by atoms with Crippen LogP contribution in [0.3, 0.4) is 0 Å². The molecule has 0 radical (unpaired) electrons. The van der Waals surface area contributed by atoms with Gasteiger partial charge in [0.15, 0.2) is 0 Å². The summed E-state index contributed by atoms with van der Waals surface area (Å²) in [6, 6.07) is 17.5. The van der Waals surface area contributed by atoms with Gasteiger partial charge in [0.05, 0.1) is 0 Å². The number of aryl methyl sites for hydroxylation is 2. The van der Waals surface area contributed by atoms with Gasteiger partial charge in [-0.1, -0.05) is 198 Å². The van der Waals surface area contributed by atoms with E-state index >= 15 is 0 Å². The van der Waals surface area contributed by atoms with E-state index in [0.29, 0.717) is 0 Å². The van der Waals surface area contributed by atoms with Gasteiger partial charge in [-0.05, 0) is 87.6 Å². The van der Waals surface area contributed by atoms with Gasteiger partial charge in [0.2, 0.25) is 11.4 Å². The first-order valence-electron chi connectivity index (χ1n) is 22.9. The predicted molar refractivity (Wildman–Crippen MR) is 234 cm³/mol. The van der Waals surface area contributed by atoms with Crippen LogP contribution in [0.5, 0.6) is 0 Å². The van der Waals surface area contributed by atoms with E-state index in [-0.39, 0.29) is 16.5 Å². The second-order valence-electron chi connectivity index (χ2n) is 16.2. The Balaban J connectivity index is 0.0000101. The fourth-order valence-electron chi connectivity index (χ4n) is 8.33. The van der Waals surface area contributed by atoms with Gasteiger partial charge in [-0.3, -0.25) is 0 Å². The summed E-state index contributed by atoms with van der Waals surface area (Å²) in [7, 11) is 0. The molecule has 1 aliphatic heterocycles. The van der Waals surface area contributed by atoms with E-state index in [9.17, 15) is 5.53 Å². The van der Waals surface area contributed by atoms with Crippen LogP contribution in [0.1, 0.15) is 223 Å². The number of nitrogens with zero attached hydrogens (tertiary/aromatic N) is 2. The molecule has 0 unspecified atom stereocenters. The summed E-state index contributed by atoms with van der Waals surface area (Å²) >= 11 is 0. The topological polar surface area (TPSA) is 25.3 Å². The summed E-state index contributed by atoms with van der Waals surface area (Å²) in [4.78, 5) is 0. The Morgan fingerprint density at radius 3 is 1.56 bits per heavy atom. The van der Waals surface area contributed by atoms with Gasteiger partial charge in [0.1, 0.15) is 0 Å². The number of benzene rings is 2. The molecule has 2 nitrogen and oxygen atoms in total. The van der Waals surface area contributed by atoms with Crippen LogP contribution < -0.4 is 0 Å². The third-order valence-corrected chi connectivity index (χ3v) is 11.6. The van der Waals surface area contributed by atoms with Gasteiger partial charge in [0, 0.05) is 38.8 Å². The Morgan fingerprint density at radius 2 is 1.02 bits per heavy atom. The molecule has 0 bridgehead atoms. The van der Waals surface area contributed by atoms with Crippen LogP contribution in [0, 0.1) is 0 Å². The molecule has 0 aromatic heterocycles. The Labute approximate surface area is 344 Å². The van der Waals surface area contributed by atoms with Gasteiger partial charge in [-0.25, -0.2) is 4.70 Å². The van der Waals surface area contributed by atoms with Crippen LogP contribution in [0.2, 0.25) is 0 Å². The Bertz CT molecular complexity index is 1380. The maximum atomic E-state index is 11.7. The third kappa shape index (κ3) is 18.1. The van der Waals surface area contributed by atoms with E-state index in [1.165, 1.54) is 187 Å². The zero-order valence-electron chi connectivity index (χ0n) is 35.5.